The maximum atomic E-state index is 3.25. The van der Waals surface area contributed by atoms with Gasteiger partial charge in [-0.2, -0.15) is 32.0 Å². The maximum Gasteiger partial charge on any atom is 3.00 e. The van der Waals surface area contributed by atoms with Crippen molar-refractivity contribution in [3.63, 3.8) is 0 Å². The van der Waals surface area contributed by atoms with Gasteiger partial charge in [-0.1, -0.05) is 0 Å². The van der Waals surface area contributed by atoms with E-state index in [9.17, 15) is 0 Å². The smallest absolute Gasteiger partial charge is 0.346 e. The fraction of sp³-hybridized carbons (Fsp3) is 0.222. The molecule has 1 rings (SSSR count). The Bertz CT molecular complexity index is 61.2. The van der Waals surface area contributed by atoms with Gasteiger partial charge in [0.2, 0.25) is 0 Å². The van der Waals surface area contributed by atoms with E-state index < -0.39 is 0 Å². The third-order valence-electron chi connectivity index (χ3n) is 0.556. The SMILES string of the molecule is [CH2-]C.[CH2-]C.[Fe+3].c1cc[cH-]c1. The van der Waals surface area contributed by atoms with E-state index in [2.05, 4.69) is 13.8 Å². The monoisotopic (exact) mass is 179 g/mol. The van der Waals surface area contributed by atoms with Crippen molar-refractivity contribution < 1.29 is 17.1 Å². The Morgan fingerprint density at radius 2 is 1.20 bits per heavy atom. The van der Waals surface area contributed by atoms with Crippen LogP contribution in [-0.2, 0) is 17.1 Å². The molecule has 0 fully saturated rings. The molecule has 59 valence electrons. The van der Waals surface area contributed by atoms with Crippen LogP contribution in [0.4, 0.5) is 0 Å². The Morgan fingerprint density at radius 1 is 0.900 bits per heavy atom. The summed E-state index contributed by atoms with van der Waals surface area (Å²) in [5, 5.41) is 0. The third kappa shape index (κ3) is 15.7. The molecule has 0 amide bonds. The molecule has 0 aliphatic rings. The zero-order chi connectivity index (χ0) is 7.54. The van der Waals surface area contributed by atoms with Crippen molar-refractivity contribution in [3.05, 3.63) is 44.2 Å². The second-order valence-corrected chi connectivity index (χ2v) is 0.962. The second kappa shape index (κ2) is 23.2. The van der Waals surface area contributed by atoms with E-state index in [1.54, 1.807) is 13.8 Å². The molecule has 0 saturated carbocycles. The Kier molecular flexibility index (Phi) is 38.1. The normalized spacial score (nSPS) is 5.20. The van der Waals surface area contributed by atoms with Crippen molar-refractivity contribution in [1.29, 1.82) is 0 Å². The maximum absolute atomic E-state index is 3.25. The molecule has 1 aromatic carbocycles. The molecule has 0 bridgehead atoms. The molecular weight excluding hydrogens is 164 g/mol. The van der Waals surface area contributed by atoms with Gasteiger partial charge < -0.3 is 13.8 Å². The van der Waals surface area contributed by atoms with Crippen molar-refractivity contribution in [2.75, 3.05) is 0 Å². The van der Waals surface area contributed by atoms with Crippen molar-refractivity contribution in [1.82, 2.24) is 0 Å². The van der Waals surface area contributed by atoms with Crippen LogP contribution < -0.4 is 0 Å². The molecule has 0 aromatic heterocycles. The molecule has 0 saturated heterocycles. The van der Waals surface area contributed by atoms with E-state index in [4.69, 9.17) is 0 Å². The third-order valence-corrected chi connectivity index (χ3v) is 0.556. The summed E-state index contributed by atoms with van der Waals surface area (Å²) in [4.78, 5) is 0. The standard InChI is InChI=1S/C5H5.2C2H5.Fe/c1-2-4-5-3-1;2*1-2;/h1-5H;2*1H2,2H3;/q3*-1;+3. The largest absolute Gasteiger partial charge is 3.00 e. The molecule has 1 aromatic rings. The van der Waals surface area contributed by atoms with Gasteiger partial charge in [0.1, 0.15) is 0 Å². The Morgan fingerprint density at radius 3 is 1.30 bits per heavy atom. The van der Waals surface area contributed by atoms with Gasteiger partial charge in [0.25, 0.3) is 0 Å². The molecule has 0 spiro atoms. The molecule has 10 heavy (non-hydrogen) atoms. The Hall–Kier alpha value is -0.131. The van der Waals surface area contributed by atoms with Crippen LogP contribution in [0.1, 0.15) is 13.8 Å². The quantitative estimate of drug-likeness (QED) is 0.424. The number of hydrogen-bond acceptors (Lipinski definition) is 0. The van der Waals surface area contributed by atoms with Gasteiger partial charge in [-0.05, 0) is 0 Å². The molecule has 1 heteroatoms. The van der Waals surface area contributed by atoms with Gasteiger partial charge in [0.15, 0.2) is 0 Å². The first-order valence-corrected chi connectivity index (χ1v) is 3.08. The first-order chi connectivity index (χ1) is 4.50. The molecule has 0 heterocycles. The summed E-state index contributed by atoms with van der Waals surface area (Å²) in [5.41, 5.74) is 0. The second-order valence-electron chi connectivity index (χ2n) is 0.962. The van der Waals surface area contributed by atoms with Gasteiger partial charge >= 0.3 is 17.1 Å². The number of rotatable bonds is 0. The summed E-state index contributed by atoms with van der Waals surface area (Å²) in [6.45, 7) is 10.0. The van der Waals surface area contributed by atoms with E-state index >= 15 is 0 Å². The summed E-state index contributed by atoms with van der Waals surface area (Å²) in [5.74, 6) is 0. The van der Waals surface area contributed by atoms with Crippen LogP contribution in [0, 0.1) is 13.8 Å². The zero-order valence-electron chi connectivity index (χ0n) is 6.65. The van der Waals surface area contributed by atoms with Crippen LogP contribution in [0.5, 0.6) is 0 Å². The van der Waals surface area contributed by atoms with Crippen molar-refractivity contribution >= 4 is 0 Å². The zero-order valence-corrected chi connectivity index (χ0v) is 7.76. The fourth-order valence-electron chi connectivity index (χ4n) is 0.321. The Balaban J connectivity index is -0.0000000875. The summed E-state index contributed by atoms with van der Waals surface area (Å²) in [6.07, 6.45) is 0. The van der Waals surface area contributed by atoms with E-state index in [0.717, 1.165) is 0 Å². The molecule has 0 atom stereocenters. The average Bonchev–Trinajstić information content (AvgIpc) is 2.51. The van der Waals surface area contributed by atoms with E-state index in [-0.39, 0.29) is 17.1 Å². The van der Waals surface area contributed by atoms with Crippen LogP contribution >= 0.6 is 0 Å². The molecule has 1 radical (unpaired) electrons. The van der Waals surface area contributed by atoms with E-state index in [1.165, 1.54) is 0 Å². The first-order valence-electron chi connectivity index (χ1n) is 3.08. The minimum Gasteiger partial charge on any atom is -0.346 e. The molecular formula is C9H15Fe. The average molecular weight is 179 g/mol. The van der Waals surface area contributed by atoms with Crippen LogP contribution in [0.3, 0.4) is 0 Å². The van der Waals surface area contributed by atoms with Gasteiger partial charge in [-0.3, -0.25) is 0 Å². The van der Waals surface area contributed by atoms with Gasteiger partial charge in [0.05, 0.1) is 0 Å². The molecule has 0 nitrogen and oxygen atoms in total. The van der Waals surface area contributed by atoms with Crippen LogP contribution in [0.2, 0.25) is 0 Å². The molecule has 0 unspecified atom stereocenters. The molecule has 0 aliphatic carbocycles. The predicted octanol–water partition coefficient (Wildman–Crippen LogP) is 3.08. The predicted molar refractivity (Wildman–Crippen MR) is 44.1 cm³/mol. The molecule has 0 aliphatic heterocycles. The summed E-state index contributed by atoms with van der Waals surface area (Å²) < 4.78 is 0. The van der Waals surface area contributed by atoms with Crippen molar-refractivity contribution in [2.45, 2.75) is 13.8 Å². The van der Waals surface area contributed by atoms with Gasteiger partial charge in [0, 0.05) is 0 Å². The van der Waals surface area contributed by atoms with E-state index in [1.807, 2.05) is 30.3 Å². The Labute approximate surface area is 75.5 Å². The van der Waals surface area contributed by atoms with Crippen LogP contribution in [0.25, 0.3) is 0 Å². The van der Waals surface area contributed by atoms with Crippen molar-refractivity contribution in [3.8, 4) is 0 Å². The number of hydrogen-bond donors (Lipinski definition) is 0. The summed E-state index contributed by atoms with van der Waals surface area (Å²) in [6, 6.07) is 10.0. The summed E-state index contributed by atoms with van der Waals surface area (Å²) >= 11 is 0. The first kappa shape index (κ1) is 16.5. The fourth-order valence-corrected chi connectivity index (χ4v) is 0.321. The van der Waals surface area contributed by atoms with Crippen LogP contribution in [-0.4, -0.2) is 0 Å². The van der Waals surface area contributed by atoms with E-state index in [0.29, 0.717) is 0 Å². The van der Waals surface area contributed by atoms with Crippen LogP contribution in [0.15, 0.2) is 30.3 Å². The minimum absolute atomic E-state index is 0. The van der Waals surface area contributed by atoms with Crippen molar-refractivity contribution in [2.24, 2.45) is 0 Å². The molecule has 0 N–H and O–H groups in total. The van der Waals surface area contributed by atoms with Gasteiger partial charge in [-0.25, -0.2) is 12.1 Å². The summed E-state index contributed by atoms with van der Waals surface area (Å²) in [7, 11) is 0. The van der Waals surface area contributed by atoms with Gasteiger partial charge in [-0.15, -0.1) is 0 Å². The topological polar surface area (TPSA) is 0 Å². The minimum atomic E-state index is 0.